The van der Waals surface area contributed by atoms with E-state index in [1.54, 1.807) is 0 Å². The smallest absolute Gasteiger partial charge is 0.135 e. The number of benzene rings is 5. The molecule has 7 aromatic rings. The van der Waals surface area contributed by atoms with Crippen molar-refractivity contribution in [2.45, 2.75) is 145 Å². The van der Waals surface area contributed by atoms with Gasteiger partial charge in [-0.05, 0) is 91.2 Å². The van der Waals surface area contributed by atoms with Gasteiger partial charge in [0.05, 0.1) is 0 Å². The van der Waals surface area contributed by atoms with Crippen LogP contribution in [0.5, 0.6) is 11.5 Å². The Kier molecular flexibility index (Phi) is 13.0. The molecule has 0 bridgehead atoms. The fraction of sp³-hybridized carbons (Fsp3) is 0.377. The molecule has 0 fully saturated rings. The first-order chi connectivity index (χ1) is 30.6. The van der Waals surface area contributed by atoms with Gasteiger partial charge < -0.3 is 19.1 Å². The molecule has 0 aliphatic carbocycles. The molecule has 6 heteroatoms. The van der Waals surface area contributed by atoms with Gasteiger partial charge in [0, 0.05) is 61.1 Å². The Bertz CT molecular complexity index is 2940. The van der Waals surface area contributed by atoms with Crippen molar-refractivity contribution >= 4 is 33.2 Å². The number of aromatic nitrogens is 2. The zero-order chi connectivity index (χ0) is 47.9. The number of hydrogen-bond donors (Lipinski definition) is 0. The van der Waals surface area contributed by atoms with Gasteiger partial charge in [-0.25, -0.2) is 4.98 Å². The topological polar surface area (TPSA) is 33.5 Å². The molecule has 1 aliphatic rings. The Morgan fingerprint density at radius 3 is 1.73 bits per heavy atom. The van der Waals surface area contributed by atoms with E-state index >= 15 is 0 Å². The van der Waals surface area contributed by atoms with E-state index in [0.717, 1.165) is 44.9 Å². The van der Waals surface area contributed by atoms with Crippen LogP contribution in [0.3, 0.4) is 0 Å². The number of allylic oxidation sites excluding steroid dienone is 1. The molecule has 0 spiro atoms. The Hall–Kier alpha value is -5.12. The van der Waals surface area contributed by atoms with Crippen LogP contribution >= 0.6 is 0 Å². The van der Waals surface area contributed by atoms with E-state index < -0.39 is 0 Å². The zero-order valence-corrected chi connectivity index (χ0v) is 45.3. The van der Waals surface area contributed by atoms with Gasteiger partial charge in [0.2, 0.25) is 0 Å². The predicted molar refractivity (Wildman–Crippen MR) is 279 cm³/mol. The first kappa shape index (κ1) is 49.8. The third-order valence-electron chi connectivity index (χ3n) is 13.3. The predicted octanol–water partition coefficient (Wildman–Crippen LogP) is 16.4. The summed E-state index contributed by atoms with van der Waals surface area (Å²) in [6.45, 7) is 41.0. The van der Waals surface area contributed by atoms with E-state index in [0.29, 0.717) is 11.5 Å². The van der Waals surface area contributed by atoms with E-state index in [4.69, 9.17) is 9.72 Å². The van der Waals surface area contributed by atoms with Crippen LogP contribution in [-0.2, 0) is 48.1 Å². The van der Waals surface area contributed by atoms with E-state index in [1.165, 1.54) is 33.2 Å². The number of ether oxygens (including phenoxy) is 1. The van der Waals surface area contributed by atoms with Gasteiger partial charge in [0.15, 0.2) is 0 Å². The van der Waals surface area contributed by atoms with Gasteiger partial charge in [-0.1, -0.05) is 183 Å². The van der Waals surface area contributed by atoms with Crippen molar-refractivity contribution in [2.75, 3.05) is 9.80 Å². The second kappa shape index (κ2) is 17.4. The monoisotopic (exact) mass is 1070 g/mol. The second-order valence-corrected chi connectivity index (χ2v) is 24.2. The molecule has 0 amide bonds. The Morgan fingerprint density at radius 2 is 1.13 bits per heavy atom. The molecule has 354 valence electrons. The van der Waals surface area contributed by atoms with Crippen LogP contribution in [0.1, 0.15) is 151 Å². The molecule has 67 heavy (non-hydrogen) atoms. The summed E-state index contributed by atoms with van der Waals surface area (Å²) >= 11 is 0. The zero-order valence-electron chi connectivity index (χ0n) is 43.1. The van der Waals surface area contributed by atoms with Crippen LogP contribution in [-0.4, -0.2) is 9.55 Å². The molecule has 8 rings (SSSR count). The van der Waals surface area contributed by atoms with Crippen molar-refractivity contribution in [3.63, 3.8) is 0 Å². The molecular weight excluding hydrogens is 1000 g/mol. The maximum atomic E-state index is 7.18. The SMILES string of the molecule is CC(C)(C)C1=CN(c2cc(C(C)(C)C)cc(C(C)(C)C)c2)[CH-]N1c1[c-]c(Oc2[c-]c3c(c(C(C)(C)C)c2)c2ccccc2n3-c2cc(C(C)(C)C)ccn2)cc(C(C)(C)c2ccccc2)c1.[Pt]. The minimum Gasteiger partial charge on any atom is -0.509 e. The van der Waals surface area contributed by atoms with Crippen molar-refractivity contribution < 1.29 is 25.8 Å². The third kappa shape index (κ3) is 9.92. The normalized spacial score (nSPS) is 14.2. The first-order valence-corrected chi connectivity index (χ1v) is 23.7. The van der Waals surface area contributed by atoms with Crippen molar-refractivity contribution in [2.24, 2.45) is 5.41 Å². The van der Waals surface area contributed by atoms with E-state index in [1.807, 2.05) is 6.20 Å². The van der Waals surface area contributed by atoms with Gasteiger partial charge in [-0.15, -0.1) is 53.8 Å². The largest absolute Gasteiger partial charge is 0.509 e. The van der Waals surface area contributed by atoms with E-state index in [-0.39, 0.29) is 53.6 Å². The van der Waals surface area contributed by atoms with Crippen molar-refractivity contribution in [1.82, 2.24) is 9.55 Å². The summed E-state index contributed by atoms with van der Waals surface area (Å²) < 4.78 is 9.44. The average Bonchev–Trinajstić information content (AvgIpc) is 3.83. The maximum absolute atomic E-state index is 7.18. The number of pyridine rings is 1. The van der Waals surface area contributed by atoms with Gasteiger partial charge in [-0.2, -0.15) is 0 Å². The van der Waals surface area contributed by atoms with Crippen molar-refractivity contribution in [3.05, 3.63) is 173 Å². The maximum Gasteiger partial charge on any atom is 0.135 e. The van der Waals surface area contributed by atoms with Gasteiger partial charge in [0.1, 0.15) is 5.82 Å². The van der Waals surface area contributed by atoms with Gasteiger partial charge >= 0.3 is 0 Å². The summed E-state index contributed by atoms with van der Waals surface area (Å²) in [7, 11) is 0. The number of anilines is 2. The molecule has 2 aromatic heterocycles. The summed E-state index contributed by atoms with van der Waals surface area (Å²) in [6, 6.07) is 45.1. The van der Waals surface area contributed by atoms with Crippen LogP contribution in [0, 0.1) is 24.2 Å². The molecule has 0 N–H and O–H groups in total. The number of para-hydroxylation sites is 1. The van der Waals surface area contributed by atoms with Crippen LogP contribution in [0.15, 0.2) is 121 Å². The molecule has 5 aromatic carbocycles. The second-order valence-electron chi connectivity index (χ2n) is 24.2. The van der Waals surface area contributed by atoms with Crippen LogP contribution in [0.4, 0.5) is 11.4 Å². The molecular formula is C61H71N4OPt-3. The molecule has 0 radical (unpaired) electrons. The minimum atomic E-state index is -0.364. The molecule has 1 aliphatic heterocycles. The number of nitrogens with zero attached hydrogens (tertiary/aromatic N) is 4. The minimum absolute atomic E-state index is 0. The molecule has 3 heterocycles. The quantitative estimate of drug-likeness (QED) is 0.149. The third-order valence-corrected chi connectivity index (χ3v) is 13.3. The van der Waals surface area contributed by atoms with E-state index in [2.05, 4.69) is 260 Å². The molecule has 0 saturated heterocycles. The molecule has 0 saturated carbocycles. The Labute approximate surface area is 416 Å². The summed E-state index contributed by atoms with van der Waals surface area (Å²) in [6.07, 6.45) is 4.23. The summed E-state index contributed by atoms with van der Waals surface area (Å²) in [5.74, 6) is 2.12. The number of rotatable bonds is 7. The van der Waals surface area contributed by atoms with Crippen molar-refractivity contribution in [3.8, 4) is 17.3 Å². The number of hydrogen-bond acceptors (Lipinski definition) is 4. The first-order valence-electron chi connectivity index (χ1n) is 23.7. The Balaban J connectivity index is 0.00000666. The van der Waals surface area contributed by atoms with Gasteiger partial charge in [0.25, 0.3) is 0 Å². The standard InChI is InChI=1S/C61H71N4O.Pt/c1-56(2,3)41-27-28-62-54(34-41)65-51-26-22-21-25-49(51)55-50(59(10,11)12)36-48(37-52(55)65)66-47-33-44(61(16,17)40-23-19-18-20-24-40)32-46(35-47)64-39-63(38-53(64)60(13,14)15)45-30-42(57(4,5)6)29-43(31-45)58(7,8)9;/h18-34,36,38-39H,1-17H3;/q-3;. The van der Waals surface area contributed by atoms with Crippen molar-refractivity contribution in [1.29, 1.82) is 0 Å². The molecule has 5 nitrogen and oxygen atoms in total. The van der Waals surface area contributed by atoms with E-state index in [9.17, 15) is 0 Å². The van der Waals surface area contributed by atoms with Crippen LogP contribution < -0.4 is 14.5 Å². The number of fused-ring (bicyclic) bond motifs is 3. The fourth-order valence-electron chi connectivity index (χ4n) is 9.02. The van der Waals surface area contributed by atoms with Gasteiger partial charge in [-0.3, -0.25) is 0 Å². The molecule has 0 atom stereocenters. The van der Waals surface area contributed by atoms with Crippen LogP contribution in [0.25, 0.3) is 27.6 Å². The summed E-state index contributed by atoms with van der Waals surface area (Å²) in [4.78, 5) is 9.61. The summed E-state index contributed by atoms with van der Waals surface area (Å²) in [5, 5.41) is 2.33. The summed E-state index contributed by atoms with van der Waals surface area (Å²) in [5.41, 5.74) is 11.8. The molecule has 0 unspecified atom stereocenters. The Morgan fingerprint density at radius 1 is 0.537 bits per heavy atom. The average molecular weight is 1070 g/mol. The fourth-order valence-corrected chi connectivity index (χ4v) is 9.02. The van der Waals surface area contributed by atoms with Crippen LogP contribution in [0.2, 0.25) is 0 Å².